The van der Waals surface area contributed by atoms with Gasteiger partial charge in [-0.1, -0.05) is 18.3 Å². The SMILES string of the molecule is CCCc1nnc(N2CC(C(=O)N3[C@H](C)CC[C@@H]3C)CC2=O)s1. The summed E-state index contributed by atoms with van der Waals surface area (Å²) in [6.07, 6.45) is 4.28. The number of nitrogens with zero attached hydrogens (tertiary/aromatic N) is 4. The van der Waals surface area contributed by atoms with E-state index in [-0.39, 0.29) is 36.2 Å². The minimum absolute atomic E-state index is 0.0120. The van der Waals surface area contributed by atoms with Crippen LogP contribution in [-0.2, 0) is 16.0 Å². The zero-order chi connectivity index (χ0) is 16.6. The van der Waals surface area contributed by atoms with Crippen LogP contribution in [0.2, 0.25) is 0 Å². The lowest BCUT2D eigenvalue weighted by atomic mass is 10.1. The molecular weight excluding hydrogens is 312 g/mol. The molecular formula is C16H24N4O2S. The summed E-state index contributed by atoms with van der Waals surface area (Å²) >= 11 is 1.46. The number of rotatable bonds is 4. The molecule has 7 heteroatoms. The Balaban J connectivity index is 1.70. The molecule has 1 aromatic heterocycles. The van der Waals surface area contributed by atoms with Crippen LogP contribution in [-0.4, -0.2) is 45.5 Å². The van der Waals surface area contributed by atoms with Crippen molar-refractivity contribution < 1.29 is 9.59 Å². The number of aryl methyl sites for hydroxylation is 1. The van der Waals surface area contributed by atoms with E-state index in [0.29, 0.717) is 11.7 Å². The molecule has 0 bridgehead atoms. The molecule has 6 nitrogen and oxygen atoms in total. The van der Waals surface area contributed by atoms with E-state index in [1.807, 2.05) is 4.90 Å². The Morgan fingerprint density at radius 1 is 1.26 bits per heavy atom. The number of likely N-dealkylation sites (tertiary alicyclic amines) is 1. The lowest BCUT2D eigenvalue weighted by Gasteiger charge is -2.28. The van der Waals surface area contributed by atoms with E-state index >= 15 is 0 Å². The number of carbonyl (C=O) groups is 2. The average molecular weight is 336 g/mol. The zero-order valence-electron chi connectivity index (χ0n) is 14.0. The number of aromatic nitrogens is 2. The maximum Gasteiger partial charge on any atom is 0.229 e. The Hall–Kier alpha value is -1.50. The number of hydrogen-bond donors (Lipinski definition) is 0. The summed E-state index contributed by atoms with van der Waals surface area (Å²) in [5.74, 6) is -0.136. The molecule has 2 fully saturated rings. The molecule has 2 aliphatic rings. The number of carbonyl (C=O) groups excluding carboxylic acids is 2. The van der Waals surface area contributed by atoms with Crippen molar-refractivity contribution in [3.8, 4) is 0 Å². The van der Waals surface area contributed by atoms with Gasteiger partial charge in [-0.3, -0.25) is 14.5 Å². The van der Waals surface area contributed by atoms with E-state index in [4.69, 9.17) is 0 Å². The first kappa shape index (κ1) is 16.4. The normalized spacial score (nSPS) is 28.0. The largest absolute Gasteiger partial charge is 0.337 e. The highest BCUT2D eigenvalue weighted by atomic mass is 32.1. The molecule has 2 saturated heterocycles. The summed E-state index contributed by atoms with van der Waals surface area (Å²) in [6, 6.07) is 0.554. The first-order valence-corrected chi connectivity index (χ1v) is 9.27. The van der Waals surface area contributed by atoms with Crippen molar-refractivity contribution in [2.24, 2.45) is 5.92 Å². The van der Waals surface area contributed by atoms with Crippen LogP contribution < -0.4 is 4.90 Å². The lowest BCUT2D eigenvalue weighted by molar-refractivity contribution is -0.138. The number of anilines is 1. The molecule has 3 atom stereocenters. The van der Waals surface area contributed by atoms with Crippen molar-refractivity contribution >= 4 is 28.3 Å². The van der Waals surface area contributed by atoms with Crippen LogP contribution in [0.3, 0.4) is 0 Å². The van der Waals surface area contributed by atoms with Crippen LogP contribution >= 0.6 is 11.3 Å². The van der Waals surface area contributed by atoms with E-state index < -0.39 is 0 Å². The third kappa shape index (κ3) is 3.11. The van der Waals surface area contributed by atoms with Gasteiger partial charge in [0.25, 0.3) is 0 Å². The molecule has 3 rings (SSSR count). The lowest BCUT2D eigenvalue weighted by Crippen LogP contribution is -2.43. The van der Waals surface area contributed by atoms with Gasteiger partial charge >= 0.3 is 0 Å². The molecule has 1 aromatic rings. The maximum atomic E-state index is 12.8. The van der Waals surface area contributed by atoms with Crippen LogP contribution in [0, 0.1) is 5.92 Å². The third-order valence-corrected chi connectivity index (χ3v) is 5.84. The third-order valence-electron chi connectivity index (χ3n) is 4.83. The Bertz CT molecular complexity index is 593. The molecule has 0 spiro atoms. The highest BCUT2D eigenvalue weighted by Gasteiger charge is 2.42. The second-order valence-electron chi connectivity index (χ2n) is 6.65. The first-order valence-electron chi connectivity index (χ1n) is 8.46. The highest BCUT2D eigenvalue weighted by Crippen LogP contribution is 2.32. The Morgan fingerprint density at radius 2 is 1.96 bits per heavy atom. The predicted molar refractivity (Wildman–Crippen MR) is 89.4 cm³/mol. The van der Waals surface area contributed by atoms with Gasteiger partial charge in [0, 0.05) is 31.5 Å². The van der Waals surface area contributed by atoms with Crippen molar-refractivity contribution in [2.45, 2.75) is 65.0 Å². The van der Waals surface area contributed by atoms with Crippen molar-refractivity contribution in [1.29, 1.82) is 0 Å². The predicted octanol–water partition coefficient (Wildman–Crippen LogP) is 2.24. The van der Waals surface area contributed by atoms with Crippen LogP contribution in [0.25, 0.3) is 0 Å². The number of amides is 2. The highest BCUT2D eigenvalue weighted by molar-refractivity contribution is 7.15. The van der Waals surface area contributed by atoms with Crippen molar-refractivity contribution in [3.05, 3.63) is 5.01 Å². The molecule has 0 N–H and O–H groups in total. The van der Waals surface area contributed by atoms with E-state index in [1.165, 1.54) is 11.3 Å². The van der Waals surface area contributed by atoms with Gasteiger partial charge in [0.05, 0.1) is 5.92 Å². The van der Waals surface area contributed by atoms with Crippen molar-refractivity contribution in [2.75, 3.05) is 11.4 Å². The monoisotopic (exact) mass is 336 g/mol. The summed E-state index contributed by atoms with van der Waals surface area (Å²) in [5.41, 5.74) is 0. The van der Waals surface area contributed by atoms with Crippen LogP contribution in [0.15, 0.2) is 0 Å². The molecule has 126 valence electrons. The second kappa shape index (κ2) is 6.55. The Kier molecular flexibility index (Phi) is 4.66. The standard InChI is InChI=1S/C16H24N4O2S/c1-4-5-13-17-18-16(23-13)19-9-12(8-14(19)21)15(22)20-10(2)6-7-11(20)3/h10-12H,4-9H2,1-3H3/t10-,11+,12?. The minimum atomic E-state index is -0.246. The van der Waals surface area contributed by atoms with Gasteiger partial charge in [0.15, 0.2) is 0 Å². The van der Waals surface area contributed by atoms with Gasteiger partial charge in [-0.15, -0.1) is 10.2 Å². The van der Waals surface area contributed by atoms with E-state index in [9.17, 15) is 9.59 Å². The van der Waals surface area contributed by atoms with Gasteiger partial charge in [-0.25, -0.2) is 0 Å². The van der Waals surface area contributed by atoms with E-state index in [0.717, 1.165) is 30.7 Å². The zero-order valence-corrected chi connectivity index (χ0v) is 14.8. The Morgan fingerprint density at radius 3 is 2.61 bits per heavy atom. The molecule has 2 aliphatic heterocycles. The Labute approximate surface area is 140 Å². The minimum Gasteiger partial charge on any atom is -0.337 e. The smallest absolute Gasteiger partial charge is 0.229 e. The molecule has 3 heterocycles. The van der Waals surface area contributed by atoms with Crippen LogP contribution in [0.4, 0.5) is 5.13 Å². The summed E-state index contributed by atoms with van der Waals surface area (Å²) in [6.45, 7) is 6.72. The first-order chi connectivity index (χ1) is 11.0. The molecule has 1 unspecified atom stereocenters. The maximum absolute atomic E-state index is 12.8. The quantitative estimate of drug-likeness (QED) is 0.846. The summed E-state index contributed by atoms with van der Waals surface area (Å²) < 4.78 is 0. The van der Waals surface area contributed by atoms with Gasteiger partial charge in [0.2, 0.25) is 16.9 Å². The van der Waals surface area contributed by atoms with Gasteiger partial charge in [-0.05, 0) is 33.1 Å². The van der Waals surface area contributed by atoms with Crippen LogP contribution in [0.1, 0.15) is 51.5 Å². The fraction of sp³-hybridized carbons (Fsp3) is 0.750. The van der Waals surface area contributed by atoms with E-state index in [2.05, 4.69) is 31.0 Å². The number of hydrogen-bond acceptors (Lipinski definition) is 5. The molecule has 0 saturated carbocycles. The van der Waals surface area contributed by atoms with Gasteiger partial charge < -0.3 is 4.90 Å². The average Bonchev–Trinajstić information content (AvgIpc) is 3.19. The second-order valence-corrected chi connectivity index (χ2v) is 7.70. The van der Waals surface area contributed by atoms with Gasteiger partial charge in [0.1, 0.15) is 5.01 Å². The fourth-order valence-corrected chi connectivity index (χ4v) is 4.53. The molecule has 0 radical (unpaired) electrons. The molecule has 23 heavy (non-hydrogen) atoms. The topological polar surface area (TPSA) is 66.4 Å². The van der Waals surface area contributed by atoms with Gasteiger partial charge in [-0.2, -0.15) is 0 Å². The molecule has 0 aromatic carbocycles. The van der Waals surface area contributed by atoms with E-state index in [1.54, 1.807) is 4.90 Å². The van der Waals surface area contributed by atoms with Crippen molar-refractivity contribution in [1.82, 2.24) is 15.1 Å². The molecule has 0 aliphatic carbocycles. The van der Waals surface area contributed by atoms with Crippen LogP contribution in [0.5, 0.6) is 0 Å². The molecule has 2 amide bonds. The summed E-state index contributed by atoms with van der Waals surface area (Å²) in [7, 11) is 0. The fourth-order valence-electron chi connectivity index (χ4n) is 3.57. The summed E-state index contributed by atoms with van der Waals surface area (Å²) in [4.78, 5) is 28.8. The van der Waals surface area contributed by atoms with Crippen molar-refractivity contribution in [3.63, 3.8) is 0 Å². The summed E-state index contributed by atoms with van der Waals surface area (Å²) in [5, 5.41) is 9.86.